The molecule has 0 atom stereocenters. The molecule has 2 aromatic heterocycles. The van der Waals surface area contributed by atoms with Gasteiger partial charge in [0.2, 0.25) is 0 Å². The van der Waals surface area contributed by atoms with Gasteiger partial charge in [0.05, 0.1) is 12.7 Å². The highest BCUT2D eigenvalue weighted by Crippen LogP contribution is 2.15. The van der Waals surface area contributed by atoms with Crippen LogP contribution in [0.4, 0.5) is 4.39 Å². The van der Waals surface area contributed by atoms with E-state index in [1.54, 1.807) is 20.2 Å². The Morgan fingerprint density at radius 2 is 2.00 bits per heavy atom. The van der Waals surface area contributed by atoms with Crippen LogP contribution in [0.15, 0.2) is 29.2 Å². The van der Waals surface area contributed by atoms with Crippen LogP contribution in [0.25, 0.3) is 11.0 Å². The van der Waals surface area contributed by atoms with Crippen molar-refractivity contribution in [3.05, 3.63) is 57.5 Å². The molecule has 0 saturated carbocycles. The van der Waals surface area contributed by atoms with Crippen LogP contribution in [-0.4, -0.2) is 56.6 Å². The number of aromatic amines is 1. The Morgan fingerprint density at radius 1 is 1.26 bits per heavy atom. The molecule has 3 rings (SSSR count). The Hall–Kier alpha value is -3.07. The lowest BCUT2D eigenvalue weighted by atomic mass is 10.1. The number of nitrogens with one attached hydrogen (secondary N) is 1. The molecule has 0 aliphatic carbocycles. The van der Waals surface area contributed by atoms with Gasteiger partial charge in [-0.25, -0.2) is 9.37 Å². The summed E-state index contributed by atoms with van der Waals surface area (Å²) in [5.41, 5.74) is 0.963. The van der Waals surface area contributed by atoms with E-state index in [1.165, 1.54) is 27.9 Å². The van der Waals surface area contributed by atoms with Crippen molar-refractivity contribution in [1.29, 1.82) is 0 Å². The van der Waals surface area contributed by atoms with Gasteiger partial charge in [-0.2, -0.15) is 5.10 Å². The average molecular weight is 372 g/mol. The van der Waals surface area contributed by atoms with Gasteiger partial charge in [-0.3, -0.25) is 14.3 Å². The number of rotatable bonds is 5. The Morgan fingerprint density at radius 3 is 2.70 bits per heavy atom. The topological polar surface area (TPSA) is 87.1 Å². The number of halogens is 1. The molecule has 8 nitrogen and oxygen atoms in total. The van der Waals surface area contributed by atoms with Gasteiger partial charge in [-0.15, -0.1) is 0 Å². The van der Waals surface area contributed by atoms with Crippen molar-refractivity contribution >= 4 is 16.9 Å². The van der Waals surface area contributed by atoms with Crippen LogP contribution >= 0.6 is 0 Å². The van der Waals surface area contributed by atoms with Crippen LogP contribution in [0.2, 0.25) is 0 Å². The van der Waals surface area contributed by atoms with Crippen molar-refractivity contribution in [2.45, 2.75) is 13.1 Å². The quantitative estimate of drug-likeness (QED) is 0.726. The van der Waals surface area contributed by atoms with Gasteiger partial charge in [0.15, 0.2) is 5.65 Å². The van der Waals surface area contributed by atoms with Gasteiger partial charge in [0.25, 0.3) is 11.5 Å². The number of H-pyrrole nitrogens is 1. The van der Waals surface area contributed by atoms with Crippen molar-refractivity contribution < 1.29 is 9.18 Å². The second-order valence-corrected chi connectivity index (χ2v) is 6.72. The van der Waals surface area contributed by atoms with E-state index in [9.17, 15) is 14.0 Å². The van der Waals surface area contributed by atoms with E-state index in [2.05, 4.69) is 15.1 Å². The van der Waals surface area contributed by atoms with Crippen molar-refractivity contribution in [2.24, 2.45) is 7.05 Å². The van der Waals surface area contributed by atoms with Gasteiger partial charge in [-0.1, -0.05) is 0 Å². The van der Waals surface area contributed by atoms with Crippen LogP contribution < -0.4 is 5.56 Å². The Kier molecular flexibility index (Phi) is 5.04. The second kappa shape index (κ2) is 7.28. The highest BCUT2D eigenvalue weighted by Gasteiger charge is 2.17. The average Bonchev–Trinajstić information content (AvgIpc) is 2.97. The molecule has 142 valence electrons. The monoisotopic (exact) mass is 372 g/mol. The molecule has 0 aliphatic heterocycles. The zero-order valence-corrected chi connectivity index (χ0v) is 15.7. The molecule has 3 aromatic rings. The van der Waals surface area contributed by atoms with Crippen molar-refractivity contribution in [3.63, 3.8) is 0 Å². The molecule has 27 heavy (non-hydrogen) atoms. The fourth-order valence-corrected chi connectivity index (χ4v) is 2.84. The minimum Gasteiger partial charge on any atom is -0.334 e. The lowest BCUT2D eigenvalue weighted by Crippen LogP contribution is -2.28. The number of carbonyl (C=O) groups excluding carboxylic acids is 1. The molecule has 0 aliphatic rings. The van der Waals surface area contributed by atoms with E-state index in [1.807, 2.05) is 19.0 Å². The number of aryl methyl sites for hydroxylation is 1. The van der Waals surface area contributed by atoms with Gasteiger partial charge in [-0.05, 0) is 32.3 Å². The third-order valence-electron chi connectivity index (χ3n) is 4.16. The predicted molar refractivity (Wildman–Crippen MR) is 98.7 cm³/mol. The lowest BCUT2D eigenvalue weighted by Gasteiger charge is -2.18. The molecule has 9 heteroatoms. The molecule has 0 unspecified atom stereocenters. The lowest BCUT2D eigenvalue weighted by molar-refractivity contribution is 0.0781. The number of carbonyl (C=O) groups is 1. The fraction of sp³-hybridized carbons (Fsp3) is 0.333. The smallest absolute Gasteiger partial charge is 0.262 e. The summed E-state index contributed by atoms with van der Waals surface area (Å²) in [4.78, 5) is 35.1. The molecular formula is C18H21FN6O2. The summed E-state index contributed by atoms with van der Waals surface area (Å²) in [6.45, 7) is 0.498. The molecule has 0 spiro atoms. The standard InChI is InChI=1S/C18H21FN6O2/c1-23(2)9-12-7-11(5-6-14(12)19)18(27)24(3)10-15-21-16-13(17(26)22-15)8-20-25(16)4/h5-8H,9-10H2,1-4H3,(H,21,22,26). The minimum absolute atomic E-state index is 0.107. The summed E-state index contributed by atoms with van der Waals surface area (Å²) in [6, 6.07) is 4.30. The number of nitrogens with zero attached hydrogens (tertiary/aromatic N) is 5. The Balaban J connectivity index is 1.84. The molecule has 1 aromatic carbocycles. The van der Waals surface area contributed by atoms with E-state index in [0.29, 0.717) is 34.5 Å². The summed E-state index contributed by atoms with van der Waals surface area (Å²) in [5.74, 6) is -0.291. The molecule has 0 fully saturated rings. The van der Waals surface area contributed by atoms with Gasteiger partial charge >= 0.3 is 0 Å². The molecular weight excluding hydrogens is 351 g/mol. The number of benzene rings is 1. The third kappa shape index (κ3) is 3.87. The van der Waals surface area contributed by atoms with Crippen LogP contribution in [0.3, 0.4) is 0 Å². The van der Waals surface area contributed by atoms with E-state index in [-0.39, 0.29) is 23.8 Å². The number of fused-ring (bicyclic) bond motifs is 1. The fourth-order valence-electron chi connectivity index (χ4n) is 2.84. The van der Waals surface area contributed by atoms with Crippen LogP contribution in [0.5, 0.6) is 0 Å². The summed E-state index contributed by atoms with van der Waals surface area (Å²) in [6.07, 6.45) is 1.45. The van der Waals surface area contributed by atoms with Gasteiger partial charge < -0.3 is 14.8 Å². The van der Waals surface area contributed by atoms with E-state index < -0.39 is 0 Å². The Bertz CT molecular complexity index is 1060. The van der Waals surface area contributed by atoms with E-state index in [0.717, 1.165) is 0 Å². The minimum atomic E-state index is -0.351. The first-order valence-corrected chi connectivity index (χ1v) is 8.35. The van der Waals surface area contributed by atoms with Crippen molar-refractivity contribution in [2.75, 3.05) is 21.1 Å². The van der Waals surface area contributed by atoms with E-state index >= 15 is 0 Å². The van der Waals surface area contributed by atoms with Crippen molar-refractivity contribution in [1.82, 2.24) is 29.5 Å². The first-order valence-electron chi connectivity index (χ1n) is 8.35. The van der Waals surface area contributed by atoms with Crippen molar-refractivity contribution in [3.8, 4) is 0 Å². The normalized spacial score (nSPS) is 11.3. The number of aromatic nitrogens is 4. The van der Waals surface area contributed by atoms with E-state index in [4.69, 9.17) is 0 Å². The van der Waals surface area contributed by atoms with Crippen LogP contribution in [0, 0.1) is 5.82 Å². The summed E-state index contributed by atoms with van der Waals surface area (Å²) < 4.78 is 15.4. The highest BCUT2D eigenvalue weighted by molar-refractivity contribution is 5.94. The van der Waals surface area contributed by atoms with Gasteiger partial charge in [0, 0.05) is 31.8 Å². The number of hydrogen-bond acceptors (Lipinski definition) is 5. The molecule has 0 bridgehead atoms. The highest BCUT2D eigenvalue weighted by atomic mass is 19.1. The molecule has 0 radical (unpaired) electrons. The van der Waals surface area contributed by atoms with Gasteiger partial charge in [0.1, 0.15) is 17.0 Å². The molecule has 0 saturated heterocycles. The molecule has 1 N–H and O–H groups in total. The summed E-state index contributed by atoms with van der Waals surface area (Å²) >= 11 is 0. The first kappa shape index (κ1) is 18.7. The summed E-state index contributed by atoms with van der Waals surface area (Å²) in [7, 11) is 6.95. The molecule has 2 heterocycles. The zero-order chi connectivity index (χ0) is 19.7. The second-order valence-electron chi connectivity index (χ2n) is 6.72. The molecule has 1 amide bonds. The summed E-state index contributed by atoms with van der Waals surface area (Å²) in [5, 5.41) is 4.41. The predicted octanol–water partition coefficient (Wildman–Crippen LogP) is 1.13. The maximum atomic E-state index is 13.9. The SMILES string of the molecule is CN(C)Cc1cc(C(=O)N(C)Cc2nc3c(cnn3C)c(=O)[nH]2)ccc1F. The van der Waals surface area contributed by atoms with Crippen LogP contribution in [0.1, 0.15) is 21.7 Å². The third-order valence-corrected chi connectivity index (χ3v) is 4.16. The van der Waals surface area contributed by atoms with Crippen LogP contribution in [-0.2, 0) is 20.1 Å². The Labute approximate surface area is 155 Å². The first-order chi connectivity index (χ1) is 12.8. The maximum Gasteiger partial charge on any atom is 0.262 e. The number of hydrogen-bond donors (Lipinski definition) is 1. The largest absolute Gasteiger partial charge is 0.334 e. The maximum absolute atomic E-state index is 13.9. The number of amides is 1. The zero-order valence-electron chi connectivity index (χ0n) is 15.7.